The SMILES string of the molecule is OC1CCCCC1c1nc(Cc2ccccc2F)no1. The van der Waals surface area contributed by atoms with Crippen LogP contribution in [-0.2, 0) is 6.42 Å². The maximum Gasteiger partial charge on any atom is 0.232 e. The summed E-state index contributed by atoms with van der Waals surface area (Å²) in [5, 5.41) is 13.9. The highest BCUT2D eigenvalue weighted by molar-refractivity contribution is 5.20. The standard InChI is InChI=1S/C15H17FN2O2/c16-12-7-3-1-5-10(12)9-14-17-15(20-18-14)11-6-2-4-8-13(11)19/h1,3,5,7,11,13,19H,2,4,6,8-9H2. The van der Waals surface area contributed by atoms with E-state index in [4.69, 9.17) is 4.52 Å². The molecule has 1 saturated carbocycles. The average Bonchev–Trinajstić information content (AvgIpc) is 2.90. The molecule has 5 heteroatoms. The highest BCUT2D eigenvalue weighted by Crippen LogP contribution is 2.32. The van der Waals surface area contributed by atoms with Crippen LogP contribution in [0.25, 0.3) is 0 Å². The molecule has 0 amide bonds. The Balaban J connectivity index is 1.75. The number of aromatic nitrogens is 2. The van der Waals surface area contributed by atoms with Gasteiger partial charge in [0, 0.05) is 6.42 Å². The topological polar surface area (TPSA) is 59.2 Å². The van der Waals surface area contributed by atoms with Gasteiger partial charge in [0.05, 0.1) is 12.0 Å². The van der Waals surface area contributed by atoms with Crippen LogP contribution in [0.1, 0.15) is 48.9 Å². The lowest BCUT2D eigenvalue weighted by Crippen LogP contribution is -2.22. The van der Waals surface area contributed by atoms with Crippen LogP contribution in [0.2, 0.25) is 0 Å². The Labute approximate surface area is 116 Å². The summed E-state index contributed by atoms with van der Waals surface area (Å²) in [6.45, 7) is 0. The molecule has 0 radical (unpaired) electrons. The molecule has 2 atom stereocenters. The second-order valence-electron chi connectivity index (χ2n) is 5.28. The molecule has 1 N–H and O–H groups in total. The molecule has 0 saturated heterocycles. The first-order chi connectivity index (χ1) is 9.74. The number of halogens is 1. The molecule has 1 aliphatic rings. The molecular weight excluding hydrogens is 259 g/mol. The average molecular weight is 276 g/mol. The fraction of sp³-hybridized carbons (Fsp3) is 0.467. The van der Waals surface area contributed by atoms with Gasteiger partial charge in [-0.1, -0.05) is 36.2 Å². The predicted molar refractivity (Wildman–Crippen MR) is 70.7 cm³/mol. The van der Waals surface area contributed by atoms with Crippen molar-refractivity contribution in [2.75, 3.05) is 0 Å². The third-order valence-electron chi connectivity index (χ3n) is 3.84. The normalized spacial score (nSPS) is 22.9. The van der Waals surface area contributed by atoms with E-state index in [2.05, 4.69) is 10.1 Å². The minimum absolute atomic E-state index is 0.0781. The van der Waals surface area contributed by atoms with Crippen LogP contribution in [0.4, 0.5) is 4.39 Å². The first-order valence-corrected chi connectivity index (χ1v) is 6.98. The maximum absolute atomic E-state index is 13.6. The molecule has 1 aliphatic carbocycles. The van der Waals surface area contributed by atoms with Crippen molar-refractivity contribution in [1.82, 2.24) is 10.1 Å². The molecule has 106 valence electrons. The second kappa shape index (κ2) is 5.71. The van der Waals surface area contributed by atoms with E-state index in [1.807, 2.05) is 0 Å². The fourth-order valence-electron chi connectivity index (χ4n) is 2.70. The molecule has 1 aromatic heterocycles. The summed E-state index contributed by atoms with van der Waals surface area (Å²) in [7, 11) is 0. The number of aliphatic hydroxyl groups excluding tert-OH is 1. The number of hydrogen-bond donors (Lipinski definition) is 1. The summed E-state index contributed by atoms with van der Waals surface area (Å²) in [6.07, 6.45) is 3.63. The van der Waals surface area contributed by atoms with E-state index < -0.39 is 6.10 Å². The summed E-state index contributed by atoms with van der Waals surface area (Å²) in [5.41, 5.74) is 0.545. The Morgan fingerprint density at radius 2 is 2.05 bits per heavy atom. The largest absolute Gasteiger partial charge is 0.392 e. The number of benzene rings is 1. The minimum atomic E-state index is -0.412. The summed E-state index contributed by atoms with van der Waals surface area (Å²) in [5.74, 6) is 0.591. The second-order valence-corrected chi connectivity index (χ2v) is 5.28. The van der Waals surface area contributed by atoms with E-state index >= 15 is 0 Å². The third-order valence-corrected chi connectivity index (χ3v) is 3.84. The van der Waals surface area contributed by atoms with Gasteiger partial charge in [-0.2, -0.15) is 4.98 Å². The lowest BCUT2D eigenvalue weighted by atomic mass is 9.86. The van der Waals surface area contributed by atoms with Crippen molar-refractivity contribution in [3.05, 3.63) is 47.4 Å². The third kappa shape index (κ3) is 2.72. The van der Waals surface area contributed by atoms with Crippen LogP contribution in [-0.4, -0.2) is 21.4 Å². The molecule has 2 aromatic rings. The van der Waals surface area contributed by atoms with E-state index in [-0.39, 0.29) is 11.7 Å². The lowest BCUT2D eigenvalue weighted by molar-refractivity contribution is 0.0908. The van der Waals surface area contributed by atoms with Crippen molar-refractivity contribution in [3.63, 3.8) is 0 Å². The Morgan fingerprint density at radius 1 is 1.25 bits per heavy atom. The van der Waals surface area contributed by atoms with E-state index in [1.165, 1.54) is 6.07 Å². The molecule has 20 heavy (non-hydrogen) atoms. The highest BCUT2D eigenvalue weighted by atomic mass is 19.1. The summed E-state index contributed by atoms with van der Waals surface area (Å²) >= 11 is 0. The van der Waals surface area contributed by atoms with E-state index in [0.717, 1.165) is 25.7 Å². The molecule has 3 rings (SSSR count). The van der Waals surface area contributed by atoms with Crippen molar-refractivity contribution >= 4 is 0 Å². The predicted octanol–water partition coefficient (Wildman–Crippen LogP) is 2.82. The first-order valence-electron chi connectivity index (χ1n) is 6.98. The first kappa shape index (κ1) is 13.2. The van der Waals surface area contributed by atoms with Crippen molar-refractivity contribution in [1.29, 1.82) is 0 Å². The smallest absolute Gasteiger partial charge is 0.232 e. The van der Waals surface area contributed by atoms with Gasteiger partial charge < -0.3 is 9.63 Å². The van der Waals surface area contributed by atoms with Gasteiger partial charge in [-0.05, 0) is 24.5 Å². The number of rotatable bonds is 3. The zero-order valence-electron chi connectivity index (χ0n) is 11.1. The number of aliphatic hydroxyl groups is 1. The van der Waals surface area contributed by atoms with Crippen molar-refractivity contribution in [2.24, 2.45) is 0 Å². The van der Waals surface area contributed by atoms with Gasteiger partial charge in [0.1, 0.15) is 5.82 Å². The van der Waals surface area contributed by atoms with Crippen LogP contribution in [0.15, 0.2) is 28.8 Å². The van der Waals surface area contributed by atoms with Crippen LogP contribution in [0.3, 0.4) is 0 Å². The zero-order valence-corrected chi connectivity index (χ0v) is 11.1. The van der Waals surface area contributed by atoms with Gasteiger partial charge in [-0.25, -0.2) is 4.39 Å². The number of hydrogen-bond acceptors (Lipinski definition) is 4. The molecule has 0 aliphatic heterocycles. The molecule has 1 fully saturated rings. The quantitative estimate of drug-likeness (QED) is 0.936. The van der Waals surface area contributed by atoms with Gasteiger partial charge in [0.15, 0.2) is 5.82 Å². The minimum Gasteiger partial charge on any atom is -0.392 e. The van der Waals surface area contributed by atoms with Crippen molar-refractivity contribution in [2.45, 2.75) is 44.1 Å². The monoisotopic (exact) mass is 276 g/mol. The fourth-order valence-corrected chi connectivity index (χ4v) is 2.70. The van der Waals surface area contributed by atoms with Crippen molar-refractivity contribution in [3.8, 4) is 0 Å². The lowest BCUT2D eigenvalue weighted by Gasteiger charge is -2.24. The van der Waals surface area contributed by atoms with E-state index in [0.29, 0.717) is 23.7 Å². The highest BCUT2D eigenvalue weighted by Gasteiger charge is 2.29. The molecule has 2 unspecified atom stereocenters. The molecule has 1 aromatic carbocycles. The molecule has 0 spiro atoms. The Hall–Kier alpha value is -1.75. The number of nitrogens with zero attached hydrogens (tertiary/aromatic N) is 2. The Bertz CT molecular complexity index is 585. The van der Waals surface area contributed by atoms with Gasteiger partial charge in [0.25, 0.3) is 0 Å². The van der Waals surface area contributed by atoms with Crippen molar-refractivity contribution < 1.29 is 14.0 Å². The van der Waals surface area contributed by atoms with Crippen LogP contribution in [0.5, 0.6) is 0 Å². The molecule has 0 bridgehead atoms. The summed E-state index contributed by atoms with van der Waals surface area (Å²) < 4.78 is 18.8. The van der Waals surface area contributed by atoms with Gasteiger partial charge in [-0.15, -0.1) is 0 Å². The van der Waals surface area contributed by atoms with Gasteiger partial charge in [-0.3, -0.25) is 0 Å². The van der Waals surface area contributed by atoms with E-state index in [9.17, 15) is 9.50 Å². The Morgan fingerprint density at radius 3 is 2.85 bits per heavy atom. The summed E-state index contributed by atoms with van der Waals surface area (Å²) in [6, 6.07) is 6.56. The molecule has 4 nitrogen and oxygen atoms in total. The molecular formula is C15H17FN2O2. The summed E-state index contributed by atoms with van der Waals surface area (Å²) in [4.78, 5) is 4.32. The van der Waals surface area contributed by atoms with Crippen LogP contribution < -0.4 is 0 Å². The molecule has 1 heterocycles. The van der Waals surface area contributed by atoms with Gasteiger partial charge >= 0.3 is 0 Å². The van der Waals surface area contributed by atoms with Gasteiger partial charge in [0.2, 0.25) is 5.89 Å². The van der Waals surface area contributed by atoms with Crippen LogP contribution in [0, 0.1) is 5.82 Å². The van der Waals surface area contributed by atoms with E-state index in [1.54, 1.807) is 18.2 Å². The zero-order chi connectivity index (χ0) is 13.9. The maximum atomic E-state index is 13.6. The Kier molecular flexibility index (Phi) is 3.78. The van der Waals surface area contributed by atoms with Crippen LogP contribution >= 0.6 is 0 Å².